The lowest BCUT2D eigenvalue weighted by Crippen LogP contribution is -2.42. The lowest BCUT2D eigenvalue weighted by Gasteiger charge is -2.28. The Kier molecular flexibility index (Phi) is 7.06. The van der Waals surface area contributed by atoms with Crippen molar-refractivity contribution in [2.24, 2.45) is 5.92 Å². The van der Waals surface area contributed by atoms with E-state index in [1.54, 1.807) is 6.26 Å². The fourth-order valence-corrected chi connectivity index (χ4v) is 5.07. The summed E-state index contributed by atoms with van der Waals surface area (Å²) in [5.74, 6) is 3.20. The van der Waals surface area contributed by atoms with Gasteiger partial charge < -0.3 is 19.2 Å². The number of likely N-dealkylation sites (tertiary alicyclic amines) is 1. The molecule has 1 N–H and O–H groups in total. The van der Waals surface area contributed by atoms with Crippen LogP contribution < -0.4 is 5.32 Å². The Morgan fingerprint density at radius 1 is 1.12 bits per heavy atom. The highest BCUT2D eigenvalue weighted by molar-refractivity contribution is 5.78. The number of amides is 1. The molecule has 0 unspecified atom stereocenters. The minimum atomic E-state index is 0.107. The molecule has 0 radical (unpaired) electrons. The maximum Gasteiger partial charge on any atom is 0.224 e. The molecule has 8 heteroatoms. The maximum absolute atomic E-state index is 12.5. The molecule has 0 saturated carbocycles. The summed E-state index contributed by atoms with van der Waals surface area (Å²) in [6, 6.07) is 12.5. The Hall–Kier alpha value is -2.97. The molecule has 1 fully saturated rings. The number of fused-ring (bicyclic) bond motifs is 1. The van der Waals surface area contributed by atoms with Crippen LogP contribution in [0.5, 0.6) is 0 Å². The van der Waals surface area contributed by atoms with Crippen molar-refractivity contribution in [3.05, 3.63) is 59.9 Å². The zero-order chi connectivity index (χ0) is 23.3. The second kappa shape index (κ2) is 10.5. The third kappa shape index (κ3) is 5.39. The highest BCUT2D eigenvalue weighted by atomic mass is 16.3. The van der Waals surface area contributed by atoms with Crippen molar-refractivity contribution in [2.75, 3.05) is 39.8 Å². The highest BCUT2D eigenvalue weighted by Gasteiger charge is 2.24. The van der Waals surface area contributed by atoms with Gasteiger partial charge in [-0.1, -0.05) is 24.3 Å². The van der Waals surface area contributed by atoms with Gasteiger partial charge in [0.2, 0.25) is 5.91 Å². The number of carbonyl (C=O) groups excluding carboxylic acids is 1. The fourth-order valence-electron chi connectivity index (χ4n) is 5.07. The monoisotopic (exact) mass is 462 g/mol. The SMILES string of the molecule is CN1CCC[C@H](C(=O)NCCc2nnc3n2CCN(Cc2ccc(-c4ccco4)cc2)CC3)C1. The van der Waals surface area contributed by atoms with Crippen LogP contribution in [-0.2, 0) is 30.7 Å². The van der Waals surface area contributed by atoms with Gasteiger partial charge in [-0.25, -0.2) is 0 Å². The highest BCUT2D eigenvalue weighted by Crippen LogP contribution is 2.21. The average Bonchev–Trinajstić information content (AvgIpc) is 3.47. The van der Waals surface area contributed by atoms with Gasteiger partial charge in [0, 0.05) is 57.7 Å². The molecule has 2 aliphatic heterocycles. The van der Waals surface area contributed by atoms with Crippen LogP contribution in [0.15, 0.2) is 47.1 Å². The number of hydrogen-bond donors (Lipinski definition) is 1. The number of benzene rings is 1. The van der Waals surface area contributed by atoms with Gasteiger partial charge in [-0.15, -0.1) is 10.2 Å². The first kappa shape index (κ1) is 22.8. The number of rotatable bonds is 7. The van der Waals surface area contributed by atoms with E-state index < -0.39 is 0 Å². The zero-order valence-electron chi connectivity index (χ0n) is 19.9. The van der Waals surface area contributed by atoms with Crippen LogP contribution in [-0.4, -0.2) is 70.2 Å². The van der Waals surface area contributed by atoms with Crippen molar-refractivity contribution in [2.45, 2.75) is 38.8 Å². The first-order valence-electron chi connectivity index (χ1n) is 12.4. The van der Waals surface area contributed by atoms with Crippen LogP contribution in [0.1, 0.15) is 30.1 Å². The number of nitrogens with one attached hydrogen (secondary N) is 1. The van der Waals surface area contributed by atoms with E-state index in [0.717, 1.165) is 87.9 Å². The van der Waals surface area contributed by atoms with Crippen molar-refractivity contribution >= 4 is 5.91 Å². The Balaban J connectivity index is 1.12. The third-order valence-corrected chi connectivity index (χ3v) is 7.00. The summed E-state index contributed by atoms with van der Waals surface area (Å²) >= 11 is 0. The van der Waals surface area contributed by atoms with E-state index in [9.17, 15) is 4.79 Å². The topological polar surface area (TPSA) is 79.4 Å². The summed E-state index contributed by atoms with van der Waals surface area (Å²) < 4.78 is 7.74. The Labute approximate surface area is 200 Å². The Bertz CT molecular complexity index is 1080. The second-order valence-electron chi connectivity index (χ2n) is 9.53. The second-order valence-corrected chi connectivity index (χ2v) is 9.53. The van der Waals surface area contributed by atoms with Gasteiger partial charge in [-0.05, 0) is 44.1 Å². The normalized spacial score (nSPS) is 19.5. The van der Waals surface area contributed by atoms with E-state index in [4.69, 9.17) is 4.42 Å². The van der Waals surface area contributed by atoms with Crippen molar-refractivity contribution in [3.8, 4) is 11.3 Å². The summed E-state index contributed by atoms with van der Waals surface area (Å²) in [7, 11) is 2.09. The van der Waals surface area contributed by atoms with E-state index >= 15 is 0 Å². The summed E-state index contributed by atoms with van der Waals surface area (Å²) in [6.07, 6.45) is 5.39. The molecule has 1 aromatic carbocycles. The van der Waals surface area contributed by atoms with Gasteiger partial charge in [0.15, 0.2) is 0 Å². The molecule has 0 aliphatic carbocycles. The van der Waals surface area contributed by atoms with E-state index in [1.165, 1.54) is 5.56 Å². The first-order valence-corrected chi connectivity index (χ1v) is 12.4. The predicted octanol–water partition coefficient (Wildman–Crippen LogP) is 2.60. The maximum atomic E-state index is 12.5. The minimum Gasteiger partial charge on any atom is -0.464 e. The lowest BCUT2D eigenvalue weighted by molar-refractivity contribution is -0.126. The van der Waals surface area contributed by atoms with E-state index in [0.29, 0.717) is 6.54 Å². The van der Waals surface area contributed by atoms with Gasteiger partial charge >= 0.3 is 0 Å². The number of nitrogens with zero attached hydrogens (tertiary/aromatic N) is 5. The Morgan fingerprint density at radius 3 is 2.79 bits per heavy atom. The molecular weight excluding hydrogens is 428 g/mol. The van der Waals surface area contributed by atoms with Crippen LogP contribution >= 0.6 is 0 Å². The summed E-state index contributed by atoms with van der Waals surface area (Å²) in [5, 5.41) is 12.0. The van der Waals surface area contributed by atoms with Crippen molar-refractivity contribution in [1.82, 2.24) is 29.9 Å². The largest absolute Gasteiger partial charge is 0.464 e. The van der Waals surface area contributed by atoms with Gasteiger partial charge in [0.25, 0.3) is 0 Å². The van der Waals surface area contributed by atoms with Crippen molar-refractivity contribution < 1.29 is 9.21 Å². The third-order valence-electron chi connectivity index (χ3n) is 7.00. The molecule has 0 bridgehead atoms. The van der Waals surface area contributed by atoms with Crippen LogP contribution in [0, 0.1) is 5.92 Å². The fraction of sp³-hybridized carbons (Fsp3) is 0.500. The van der Waals surface area contributed by atoms with Crippen LogP contribution in [0.25, 0.3) is 11.3 Å². The van der Waals surface area contributed by atoms with Gasteiger partial charge in [-0.3, -0.25) is 9.69 Å². The molecule has 5 rings (SSSR count). The van der Waals surface area contributed by atoms with Crippen LogP contribution in [0.3, 0.4) is 0 Å². The number of carbonyl (C=O) groups is 1. The van der Waals surface area contributed by atoms with Gasteiger partial charge in [0.1, 0.15) is 17.4 Å². The molecule has 3 aromatic rings. The molecule has 1 amide bonds. The molecule has 2 aromatic heterocycles. The van der Waals surface area contributed by atoms with E-state index in [1.807, 2.05) is 12.1 Å². The standard InChI is InChI=1S/C26H34N6O2/c1-30-13-2-4-22(19-30)26(33)27-12-10-24-28-29-25-11-14-31(15-16-32(24)25)18-20-6-8-21(9-7-20)23-5-3-17-34-23/h3,5-9,17,22H,2,4,10-16,18-19H2,1H3,(H,27,33)/t22-/m0/s1. The van der Waals surface area contributed by atoms with E-state index in [-0.39, 0.29) is 11.8 Å². The van der Waals surface area contributed by atoms with Crippen molar-refractivity contribution in [1.29, 1.82) is 0 Å². The summed E-state index contributed by atoms with van der Waals surface area (Å²) in [6.45, 7) is 6.27. The predicted molar refractivity (Wildman–Crippen MR) is 130 cm³/mol. The number of piperidine rings is 1. The molecule has 0 spiro atoms. The van der Waals surface area contributed by atoms with Crippen LogP contribution in [0.4, 0.5) is 0 Å². The molecule has 8 nitrogen and oxygen atoms in total. The minimum absolute atomic E-state index is 0.107. The average molecular weight is 463 g/mol. The first-order chi connectivity index (χ1) is 16.7. The number of aromatic nitrogens is 3. The molecule has 34 heavy (non-hydrogen) atoms. The van der Waals surface area contributed by atoms with E-state index in [2.05, 4.69) is 61.2 Å². The molecule has 1 atom stereocenters. The quantitative estimate of drug-likeness (QED) is 0.582. The molecule has 1 saturated heterocycles. The zero-order valence-corrected chi connectivity index (χ0v) is 19.9. The number of furan rings is 1. The Morgan fingerprint density at radius 2 is 2.00 bits per heavy atom. The van der Waals surface area contributed by atoms with Crippen molar-refractivity contribution in [3.63, 3.8) is 0 Å². The lowest BCUT2D eigenvalue weighted by atomic mass is 9.97. The number of hydrogen-bond acceptors (Lipinski definition) is 6. The van der Waals surface area contributed by atoms with Gasteiger partial charge in [-0.2, -0.15) is 0 Å². The summed E-state index contributed by atoms with van der Waals surface area (Å²) in [4.78, 5) is 17.2. The molecule has 4 heterocycles. The smallest absolute Gasteiger partial charge is 0.224 e. The van der Waals surface area contributed by atoms with Gasteiger partial charge in [0.05, 0.1) is 12.2 Å². The van der Waals surface area contributed by atoms with Crippen LogP contribution in [0.2, 0.25) is 0 Å². The molecule has 180 valence electrons. The summed E-state index contributed by atoms with van der Waals surface area (Å²) in [5.41, 5.74) is 2.40. The molecular formula is C26H34N6O2. The molecule has 2 aliphatic rings.